The van der Waals surface area contributed by atoms with Crippen molar-refractivity contribution in [3.8, 4) is 0 Å². The number of hydrogen-bond acceptors (Lipinski definition) is 3. The van der Waals surface area contributed by atoms with Gasteiger partial charge in [-0.2, -0.15) is 5.10 Å². The van der Waals surface area contributed by atoms with Gasteiger partial charge in [-0.3, -0.25) is 9.59 Å². The molecule has 0 bridgehead atoms. The monoisotopic (exact) mass is 363 g/mol. The van der Waals surface area contributed by atoms with Crippen LogP contribution in [-0.4, -0.2) is 18.0 Å². The first-order valence-electron chi connectivity index (χ1n) is 7.04. The smallest absolute Gasteiger partial charge is 0.318 e. The average Bonchev–Trinajstić information content (AvgIpc) is 2.54. The van der Waals surface area contributed by atoms with E-state index in [0.717, 1.165) is 11.1 Å². The van der Waals surface area contributed by atoms with E-state index < -0.39 is 11.8 Å². The Morgan fingerprint density at radius 2 is 1.79 bits per heavy atom. The number of anilines is 1. The normalized spacial score (nSPS) is 10.7. The zero-order valence-electron chi connectivity index (χ0n) is 13.1. The first-order chi connectivity index (χ1) is 11.4. The largest absolute Gasteiger partial charge is 0.329 e. The molecule has 24 heavy (non-hydrogen) atoms. The number of carbonyl (C=O) groups excluding carboxylic acids is 2. The van der Waals surface area contributed by atoms with Crippen LogP contribution in [0.5, 0.6) is 0 Å². The zero-order valence-corrected chi connectivity index (χ0v) is 14.6. The first kappa shape index (κ1) is 18.0. The van der Waals surface area contributed by atoms with E-state index in [4.69, 9.17) is 23.2 Å². The number of hydrogen-bond donors (Lipinski definition) is 2. The Morgan fingerprint density at radius 3 is 2.50 bits per heavy atom. The maximum Gasteiger partial charge on any atom is 0.329 e. The van der Waals surface area contributed by atoms with E-state index in [0.29, 0.717) is 21.3 Å². The Bertz CT molecular complexity index is 819. The fourth-order valence-corrected chi connectivity index (χ4v) is 2.20. The number of nitrogens with zero attached hydrogens (tertiary/aromatic N) is 1. The highest BCUT2D eigenvalue weighted by atomic mass is 35.5. The van der Waals surface area contributed by atoms with Gasteiger partial charge in [-0.1, -0.05) is 41.4 Å². The topological polar surface area (TPSA) is 70.6 Å². The molecule has 0 aliphatic heterocycles. The Balaban J connectivity index is 1.96. The van der Waals surface area contributed by atoms with Gasteiger partial charge in [0.15, 0.2) is 0 Å². The predicted octanol–water partition coefficient (Wildman–Crippen LogP) is 3.70. The molecule has 2 amide bonds. The maximum absolute atomic E-state index is 11.8. The molecule has 124 valence electrons. The van der Waals surface area contributed by atoms with Gasteiger partial charge < -0.3 is 5.32 Å². The average molecular weight is 364 g/mol. The summed E-state index contributed by atoms with van der Waals surface area (Å²) in [6.07, 6.45) is 1.31. The van der Waals surface area contributed by atoms with Crippen LogP contribution in [0.1, 0.15) is 16.7 Å². The van der Waals surface area contributed by atoms with Crippen molar-refractivity contribution in [2.45, 2.75) is 13.8 Å². The van der Waals surface area contributed by atoms with Gasteiger partial charge >= 0.3 is 11.8 Å². The van der Waals surface area contributed by atoms with Gasteiger partial charge in [0.1, 0.15) is 0 Å². The fourth-order valence-electron chi connectivity index (χ4n) is 1.84. The lowest BCUT2D eigenvalue weighted by atomic mass is 10.1. The fraction of sp³-hybridized carbons (Fsp3) is 0.118. The Hall–Kier alpha value is -2.37. The molecule has 0 saturated carbocycles. The number of nitrogens with one attached hydrogen (secondary N) is 2. The van der Waals surface area contributed by atoms with Crippen LogP contribution in [0.25, 0.3) is 0 Å². The number of hydrazone groups is 1. The summed E-state index contributed by atoms with van der Waals surface area (Å²) in [6.45, 7) is 3.88. The van der Waals surface area contributed by atoms with Gasteiger partial charge in [-0.05, 0) is 43.2 Å². The molecule has 2 aromatic rings. The van der Waals surface area contributed by atoms with Crippen LogP contribution in [0.4, 0.5) is 5.69 Å². The predicted molar refractivity (Wildman–Crippen MR) is 96.7 cm³/mol. The second-order valence-electron chi connectivity index (χ2n) is 5.10. The second-order valence-corrected chi connectivity index (χ2v) is 5.88. The van der Waals surface area contributed by atoms with Crippen molar-refractivity contribution in [3.63, 3.8) is 0 Å². The van der Waals surface area contributed by atoms with Crippen molar-refractivity contribution in [3.05, 3.63) is 63.1 Å². The minimum Gasteiger partial charge on any atom is -0.318 e. The van der Waals surface area contributed by atoms with E-state index in [9.17, 15) is 9.59 Å². The number of carbonyl (C=O) groups is 2. The lowest BCUT2D eigenvalue weighted by molar-refractivity contribution is -0.136. The molecular weight excluding hydrogens is 349 g/mol. The summed E-state index contributed by atoms with van der Waals surface area (Å²) in [5, 5.41) is 6.91. The highest BCUT2D eigenvalue weighted by molar-refractivity contribution is 6.43. The van der Waals surface area contributed by atoms with Gasteiger partial charge in [0.2, 0.25) is 0 Å². The van der Waals surface area contributed by atoms with Crippen LogP contribution in [0.3, 0.4) is 0 Å². The lowest BCUT2D eigenvalue weighted by Gasteiger charge is -2.06. The van der Waals surface area contributed by atoms with Crippen molar-refractivity contribution < 1.29 is 9.59 Å². The number of amides is 2. The Labute approximate surface area is 149 Å². The van der Waals surface area contributed by atoms with Crippen LogP contribution < -0.4 is 10.7 Å². The molecule has 0 unspecified atom stereocenters. The quantitative estimate of drug-likeness (QED) is 0.495. The molecular formula is C17H15Cl2N3O2. The molecule has 0 radical (unpaired) electrons. The van der Waals surface area contributed by atoms with Gasteiger partial charge in [0.25, 0.3) is 0 Å². The third-order valence-electron chi connectivity index (χ3n) is 3.32. The lowest BCUT2D eigenvalue weighted by Crippen LogP contribution is -2.32. The molecule has 0 spiro atoms. The van der Waals surface area contributed by atoms with Crippen LogP contribution >= 0.6 is 23.2 Å². The molecule has 0 aliphatic carbocycles. The maximum atomic E-state index is 11.8. The molecule has 2 aromatic carbocycles. The second kappa shape index (κ2) is 7.95. The third-order valence-corrected chi connectivity index (χ3v) is 4.16. The molecule has 0 fully saturated rings. The number of aryl methyl sites for hydroxylation is 2. The number of halogens is 2. The standard InChI is InChI=1S/C17H15Cl2N3O2/c1-10-6-7-13(8-11(10)2)21-16(23)17(24)22-20-9-12-4-3-5-14(18)15(12)19/h3-9H,1-2H3,(H,21,23)(H,22,24)/b20-9-. The van der Waals surface area contributed by atoms with Crippen molar-refractivity contribution >= 4 is 46.9 Å². The van der Waals surface area contributed by atoms with Crippen molar-refractivity contribution in [1.29, 1.82) is 0 Å². The first-order valence-corrected chi connectivity index (χ1v) is 7.79. The SMILES string of the molecule is Cc1ccc(NC(=O)C(=O)N/N=C\c2cccc(Cl)c2Cl)cc1C. The van der Waals surface area contributed by atoms with Crippen LogP contribution in [0.2, 0.25) is 10.0 Å². The van der Waals surface area contributed by atoms with E-state index in [2.05, 4.69) is 15.8 Å². The van der Waals surface area contributed by atoms with Crippen molar-refractivity contribution in [2.75, 3.05) is 5.32 Å². The summed E-state index contributed by atoms with van der Waals surface area (Å²) < 4.78 is 0. The molecule has 0 aromatic heterocycles. The van der Waals surface area contributed by atoms with E-state index >= 15 is 0 Å². The summed E-state index contributed by atoms with van der Waals surface area (Å²) in [5.41, 5.74) is 5.32. The number of benzene rings is 2. The summed E-state index contributed by atoms with van der Waals surface area (Å²) in [6, 6.07) is 10.4. The molecule has 0 heterocycles. The van der Waals surface area contributed by atoms with E-state index in [-0.39, 0.29) is 0 Å². The summed E-state index contributed by atoms with van der Waals surface area (Å²) in [4.78, 5) is 23.6. The van der Waals surface area contributed by atoms with Gasteiger partial charge in [-0.15, -0.1) is 0 Å². The van der Waals surface area contributed by atoms with E-state index in [1.54, 1.807) is 30.3 Å². The van der Waals surface area contributed by atoms with Crippen LogP contribution in [-0.2, 0) is 9.59 Å². The Morgan fingerprint density at radius 1 is 1.04 bits per heavy atom. The van der Waals surface area contributed by atoms with Gasteiger partial charge in [0, 0.05) is 11.3 Å². The van der Waals surface area contributed by atoms with E-state index in [1.165, 1.54) is 6.21 Å². The molecule has 0 aliphatic rings. The van der Waals surface area contributed by atoms with Gasteiger partial charge in [-0.25, -0.2) is 5.43 Å². The molecule has 5 nitrogen and oxygen atoms in total. The van der Waals surface area contributed by atoms with Crippen LogP contribution in [0, 0.1) is 13.8 Å². The van der Waals surface area contributed by atoms with E-state index in [1.807, 2.05) is 19.9 Å². The van der Waals surface area contributed by atoms with Gasteiger partial charge in [0.05, 0.1) is 16.3 Å². The van der Waals surface area contributed by atoms with Crippen molar-refractivity contribution in [1.82, 2.24) is 5.43 Å². The minimum absolute atomic E-state index is 0.316. The minimum atomic E-state index is -0.886. The molecule has 7 heteroatoms. The third kappa shape index (κ3) is 4.57. The number of rotatable bonds is 3. The highest BCUT2D eigenvalue weighted by Crippen LogP contribution is 2.24. The summed E-state index contributed by atoms with van der Waals surface area (Å²) in [5.74, 6) is -1.70. The summed E-state index contributed by atoms with van der Waals surface area (Å²) >= 11 is 11.9. The molecule has 2 rings (SSSR count). The Kier molecular flexibility index (Phi) is 5.95. The molecule has 0 atom stereocenters. The molecule has 0 saturated heterocycles. The molecule has 2 N–H and O–H groups in total. The van der Waals surface area contributed by atoms with Crippen LogP contribution in [0.15, 0.2) is 41.5 Å². The van der Waals surface area contributed by atoms with Crippen molar-refractivity contribution in [2.24, 2.45) is 5.10 Å². The zero-order chi connectivity index (χ0) is 17.7. The highest BCUT2D eigenvalue weighted by Gasteiger charge is 2.13. The summed E-state index contributed by atoms with van der Waals surface area (Å²) in [7, 11) is 0.